The van der Waals surface area contributed by atoms with Crippen LogP contribution in [0, 0.1) is 10.1 Å². The smallest absolute Gasteiger partial charge is 0.420 e. The number of anilines is 1. The number of nitro groups is 1. The Bertz CT molecular complexity index is 468. The summed E-state index contributed by atoms with van der Waals surface area (Å²) in [6.07, 6.45) is -1.67. The van der Waals surface area contributed by atoms with E-state index in [1.54, 1.807) is 58.0 Å². The van der Waals surface area contributed by atoms with Gasteiger partial charge in [0.2, 0.25) is 0 Å². The molecule has 0 spiro atoms. The molecule has 0 bridgehead atoms. The van der Waals surface area contributed by atoms with Gasteiger partial charge in [-0.2, -0.15) is 0 Å². The molecule has 1 rings (SSSR count). The Hall–Kier alpha value is -2.11. The summed E-state index contributed by atoms with van der Waals surface area (Å²) >= 11 is 0. The van der Waals surface area contributed by atoms with E-state index in [0.29, 0.717) is 5.69 Å². The number of ether oxygens (including phenoxy) is 1. The maximum absolute atomic E-state index is 12.3. The summed E-state index contributed by atoms with van der Waals surface area (Å²) in [5.41, 5.74) is -0.260. The molecule has 0 aliphatic rings. The Morgan fingerprint density at radius 1 is 1.35 bits per heavy atom. The van der Waals surface area contributed by atoms with Crippen LogP contribution in [0.15, 0.2) is 30.3 Å². The SMILES string of the molecule is CC[C@@H](N(C(=O)OC(C)(C)C)c1ccccc1)[N+](=O)[O-]. The first kappa shape index (κ1) is 15.9. The Morgan fingerprint density at radius 2 is 1.90 bits per heavy atom. The summed E-state index contributed by atoms with van der Waals surface area (Å²) in [6, 6.07) is 8.52. The van der Waals surface area contributed by atoms with Gasteiger partial charge in [0.15, 0.2) is 0 Å². The molecular formula is C14H20N2O4. The number of carbonyl (C=O) groups excluding carboxylic acids is 1. The van der Waals surface area contributed by atoms with Gasteiger partial charge >= 0.3 is 6.09 Å². The molecule has 1 aromatic carbocycles. The number of nitrogens with zero attached hydrogens (tertiary/aromatic N) is 2. The molecule has 0 aliphatic heterocycles. The largest absolute Gasteiger partial charge is 0.443 e. The predicted molar refractivity (Wildman–Crippen MR) is 76.2 cm³/mol. The van der Waals surface area contributed by atoms with E-state index in [1.807, 2.05) is 0 Å². The minimum atomic E-state index is -1.15. The molecule has 0 saturated carbocycles. The standard InChI is InChI=1S/C14H20N2O4/c1-5-12(16(18)19)15(11-9-7-6-8-10-11)13(17)20-14(2,3)4/h6-10,12H,5H2,1-4H3/t12-/m0/s1. The number of hydrogen-bond acceptors (Lipinski definition) is 4. The third-order valence-electron chi connectivity index (χ3n) is 2.53. The van der Waals surface area contributed by atoms with Gasteiger partial charge in [-0.05, 0) is 32.9 Å². The lowest BCUT2D eigenvalue weighted by molar-refractivity contribution is -0.520. The first-order valence-electron chi connectivity index (χ1n) is 6.47. The van der Waals surface area contributed by atoms with Crippen LogP contribution in [-0.2, 0) is 4.74 Å². The van der Waals surface area contributed by atoms with Crippen molar-refractivity contribution in [2.24, 2.45) is 0 Å². The molecule has 0 radical (unpaired) electrons. The highest BCUT2D eigenvalue weighted by molar-refractivity contribution is 5.88. The fourth-order valence-corrected chi connectivity index (χ4v) is 1.72. The second-order valence-electron chi connectivity index (χ2n) is 5.36. The minimum Gasteiger partial charge on any atom is -0.443 e. The fraction of sp³-hybridized carbons (Fsp3) is 0.500. The van der Waals surface area contributed by atoms with Gasteiger partial charge in [-0.25, -0.2) is 9.69 Å². The van der Waals surface area contributed by atoms with Crippen LogP contribution >= 0.6 is 0 Å². The first-order valence-corrected chi connectivity index (χ1v) is 6.47. The van der Waals surface area contributed by atoms with Gasteiger partial charge < -0.3 is 4.74 Å². The number of amides is 1. The fourth-order valence-electron chi connectivity index (χ4n) is 1.72. The Labute approximate surface area is 118 Å². The van der Waals surface area contributed by atoms with Gasteiger partial charge in [0.05, 0.1) is 5.69 Å². The Kier molecular flexibility index (Phi) is 5.07. The van der Waals surface area contributed by atoms with E-state index in [9.17, 15) is 14.9 Å². The second-order valence-corrected chi connectivity index (χ2v) is 5.36. The number of carbonyl (C=O) groups is 1. The molecule has 0 heterocycles. The molecule has 1 atom stereocenters. The minimum absolute atomic E-state index is 0.196. The highest BCUT2D eigenvalue weighted by Gasteiger charge is 2.35. The summed E-state index contributed by atoms with van der Waals surface area (Å²) < 4.78 is 5.27. The highest BCUT2D eigenvalue weighted by atomic mass is 16.6. The molecule has 0 aliphatic carbocycles. The van der Waals surface area contributed by atoms with E-state index in [1.165, 1.54) is 0 Å². The van der Waals surface area contributed by atoms with Crippen LogP contribution in [0.5, 0.6) is 0 Å². The van der Waals surface area contributed by atoms with E-state index in [2.05, 4.69) is 0 Å². The van der Waals surface area contributed by atoms with E-state index in [0.717, 1.165) is 4.90 Å². The quantitative estimate of drug-likeness (QED) is 0.481. The highest BCUT2D eigenvalue weighted by Crippen LogP contribution is 2.22. The van der Waals surface area contributed by atoms with E-state index in [-0.39, 0.29) is 6.42 Å². The third kappa shape index (κ3) is 4.22. The summed E-state index contributed by atoms with van der Waals surface area (Å²) in [7, 11) is 0. The zero-order chi connectivity index (χ0) is 15.3. The van der Waals surface area contributed by atoms with Crippen molar-refractivity contribution in [2.45, 2.75) is 45.9 Å². The van der Waals surface area contributed by atoms with Crippen LogP contribution in [0.25, 0.3) is 0 Å². The molecule has 0 aromatic heterocycles. The maximum atomic E-state index is 12.3. The predicted octanol–water partition coefficient (Wildman–Crippen LogP) is 3.44. The topological polar surface area (TPSA) is 72.7 Å². The van der Waals surface area contributed by atoms with Crippen molar-refractivity contribution >= 4 is 11.8 Å². The molecule has 0 saturated heterocycles. The van der Waals surface area contributed by atoms with Gasteiger partial charge in [-0.15, -0.1) is 0 Å². The van der Waals surface area contributed by atoms with Gasteiger partial charge in [-0.3, -0.25) is 10.1 Å². The second kappa shape index (κ2) is 6.36. The van der Waals surface area contributed by atoms with Crippen molar-refractivity contribution in [3.05, 3.63) is 40.4 Å². The first-order chi connectivity index (χ1) is 9.26. The summed E-state index contributed by atoms with van der Waals surface area (Å²) in [5, 5.41) is 11.2. The van der Waals surface area contributed by atoms with E-state index in [4.69, 9.17) is 4.74 Å². The molecule has 20 heavy (non-hydrogen) atoms. The van der Waals surface area contributed by atoms with Crippen molar-refractivity contribution in [2.75, 3.05) is 4.90 Å². The molecular weight excluding hydrogens is 260 g/mol. The summed E-state index contributed by atoms with van der Waals surface area (Å²) in [4.78, 5) is 24.0. The number of rotatable bonds is 4. The maximum Gasteiger partial charge on any atom is 0.420 e. The molecule has 110 valence electrons. The molecule has 0 N–H and O–H groups in total. The van der Waals surface area contributed by atoms with Crippen molar-refractivity contribution in [1.29, 1.82) is 0 Å². The monoisotopic (exact) mass is 280 g/mol. The molecule has 6 nitrogen and oxygen atoms in total. The number of para-hydroxylation sites is 1. The Balaban J connectivity index is 3.14. The van der Waals surface area contributed by atoms with Gasteiger partial charge in [0, 0.05) is 11.3 Å². The lowest BCUT2D eigenvalue weighted by Gasteiger charge is -2.28. The van der Waals surface area contributed by atoms with Crippen LogP contribution in [0.2, 0.25) is 0 Å². The number of benzene rings is 1. The molecule has 0 unspecified atom stereocenters. The van der Waals surface area contributed by atoms with Crippen LogP contribution in [0.4, 0.5) is 10.5 Å². The van der Waals surface area contributed by atoms with Crippen molar-refractivity contribution in [3.8, 4) is 0 Å². The van der Waals surface area contributed by atoms with Crippen LogP contribution in [0.3, 0.4) is 0 Å². The molecule has 1 amide bonds. The van der Waals surface area contributed by atoms with Gasteiger partial charge in [-0.1, -0.05) is 25.1 Å². The molecule has 6 heteroatoms. The van der Waals surface area contributed by atoms with E-state index < -0.39 is 22.8 Å². The summed E-state index contributed by atoms with van der Waals surface area (Å²) in [6.45, 7) is 6.83. The Morgan fingerprint density at radius 3 is 2.30 bits per heavy atom. The van der Waals surface area contributed by atoms with Gasteiger partial charge in [0.1, 0.15) is 5.60 Å². The van der Waals surface area contributed by atoms with Crippen LogP contribution in [-0.4, -0.2) is 22.8 Å². The summed E-state index contributed by atoms with van der Waals surface area (Å²) in [5.74, 6) is 0. The normalized spacial score (nSPS) is 12.6. The van der Waals surface area contributed by atoms with Crippen molar-refractivity contribution < 1.29 is 14.5 Å². The molecule has 0 fully saturated rings. The van der Waals surface area contributed by atoms with E-state index >= 15 is 0 Å². The third-order valence-corrected chi connectivity index (χ3v) is 2.53. The zero-order valence-corrected chi connectivity index (χ0v) is 12.2. The average molecular weight is 280 g/mol. The van der Waals surface area contributed by atoms with Crippen LogP contribution < -0.4 is 4.90 Å². The van der Waals surface area contributed by atoms with Gasteiger partial charge in [0.25, 0.3) is 6.17 Å². The lowest BCUT2D eigenvalue weighted by Crippen LogP contribution is -2.47. The number of hydrogen-bond donors (Lipinski definition) is 0. The van der Waals surface area contributed by atoms with Crippen molar-refractivity contribution in [3.63, 3.8) is 0 Å². The molecule has 1 aromatic rings. The average Bonchev–Trinajstić information content (AvgIpc) is 2.33. The lowest BCUT2D eigenvalue weighted by atomic mass is 10.2. The van der Waals surface area contributed by atoms with Crippen molar-refractivity contribution in [1.82, 2.24) is 0 Å². The zero-order valence-electron chi connectivity index (χ0n) is 12.2. The van der Waals surface area contributed by atoms with Crippen LogP contribution in [0.1, 0.15) is 34.1 Å².